The highest BCUT2D eigenvalue weighted by Crippen LogP contribution is 2.19. The number of ether oxygens (including phenoxy) is 2. The number of non-ortho nitro benzene ring substituents is 1. The number of hydrogen-bond acceptors (Lipinski definition) is 6. The van der Waals surface area contributed by atoms with Crippen LogP contribution in [-0.2, 0) is 9.47 Å². The summed E-state index contributed by atoms with van der Waals surface area (Å²) in [5, 5.41) is 10.6. The number of carbonyl (C=O) groups is 2. The zero-order valence-corrected chi connectivity index (χ0v) is 13.9. The summed E-state index contributed by atoms with van der Waals surface area (Å²) >= 11 is 0. The van der Waals surface area contributed by atoms with Crippen LogP contribution >= 0.6 is 0 Å². The van der Waals surface area contributed by atoms with Crippen molar-refractivity contribution >= 4 is 17.7 Å². The minimum absolute atomic E-state index is 0.0940. The number of hydrogen-bond donors (Lipinski definition) is 0. The van der Waals surface area contributed by atoms with Crippen molar-refractivity contribution in [3.63, 3.8) is 0 Å². The average molecular weight is 336 g/mol. The van der Waals surface area contributed by atoms with E-state index in [1.54, 1.807) is 20.8 Å². The molecule has 0 saturated carbocycles. The summed E-state index contributed by atoms with van der Waals surface area (Å²) in [6, 6.07) is 5.19. The third kappa shape index (κ3) is 4.68. The molecule has 1 aliphatic rings. The Morgan fingerprint density at radius 3 is 2.42 bits per heavy atom. The molecule has 0 N–H and O–H groups in total. The van der Waals surface area contributed by atoms with Gasteiger partial charge in [0.2, 0.25) is 0 Å². The highest BCUT2D eigenvalue weighted by molar-refractivity contribution is 5.89. The van der Waals surface area contributed by atoms with Crippen LogP contribution in [0.1, 0.15) is 37.6 Å². The molecule has 1 aromatic rings. The van der Waals surface area contributed by atoms with Gasteiger partial charge in [-0.25, -0.2) is 9.59 Å². The summed E-state index contributed by atoms with van der Waals surface area (Å²) in [5.41, 5.74) is -0.440. The van der Waals surface area contributed by atoms with Crippen molar-refractivity contribution in [1.82, 2.24) is 4.90 Å². The Morgan fingerprint density at radius 2 is 1.88 bits per heavy atom. The van der Waals surface area contributed by atoms with Gasteiger partial charge in [0.05, 0.1) is 17.0 Å². The molecule has 1 aromatic carbocycles. The number of likely N-dealkylation sites (tertiary alicyclic amines) is 1. The SMILES string of the molecule is CC(C)(C)OC(=O)N1CCC(OC(=O)c2ccc([N+](=O)[O-])cc2)C1. The lowest BCUT2D eigenvalue weighted by Crippen LogP contribution is -2.36. The number of nitrogens with zero attached hydrogens (tertiary/aromatic N) is 2. The van der Waals surface area contributed by atoms with Crippen molar-refractivity contribution in [2.75, 3.05) is 13.1 Å². The molecule has 8 heteroatoms. The molecule has 130 valence electrons. The van der Waals surface area contributed by atoms with E-state index in [2.05, 4.69) is 0 Å². The van der Waals surface area contributed by atoms with Gasteiger partial charge in [0.1, 0.15) is 11.7 Å². The summed E-state index contributed by atoms with van der Waals surface area (Å²) in [7, 11) is 0. The molecule has 0 spiro atoms. The quantitative estimate of drug-likeness (QED) is 0.478. The van der Waals surface area contributed by atoms with Gasteiger partial charge in [-0.05, 0) is 32.9 Å². The van der Waals surface area contributed by atoms with Gasteiger partial charge in [-0.15, -0.1) is 0 Å². The molecule has 0 radical (unpaired) electrons. The molecule has 2 rings (SSSR count). The molecule has 1 saturated heterocycles. The van der Waals surface area contributed by atoms with Crippen molar-refractivity contribution < 1.29 is 24.0 Å². The predicted octanol–water partition coefficient (Wildman–Crippen LogP) is 2.76. The first-order valence-corrected chi connectivity index (χ1v) is 7.59. The van der Waals surface area contributed by atoms with Crippen LogP contribution < -0.4 is 0 Å². The number of nitro groups is 1. The fourth-order valence-electron chi connectivity index (χ4n) is 2.26. The maximum absolute atomic E-state index is 12.1. The lowest BCUT2D eigenvalue weighted by atomic mass is 10.2. The number of nitro benzene ring substituents is 1. The summed E-state index contributed by atoms with van der Waals surface area (Å²) in [4.78, 5) is 35.6. The van der Waals surface area contributed by atoms with E-state index < -0.39 is 28.7 Å². The Hall–Kier alpha value is -2.64. The summed E-state index contributed by atoms with van der Waals surface area (Å²) in [5.74, 6) is -0.569. The van der Waals surface area contributed by atoms with Crippen molar-refractivity contribution in [2.24, 2.45) is 0 Å². The number of esters is 1. The molecule has 1 amide bonds. The molecule has 0 aliphatic carbocycles. The lowest BCUT2D eigenvalue weighted by Gasteiger charge is -2.24. The molecule has 0 aromatic heterocycles. The Balaban J connectivity index is 1.89. The van der Waals surface area contributed by atoms with Crippen molar-refractivity contribution in [1.29, 1.82) is 0 Å². The van der Waals surface area contributed by atoms with E-state index in [4.69, 9.17) is 9.47 Å². The Bertz CT molecular complexity index is 635. The number of carbonyl (C=O) groups excluding carboxylic acids is 2. The van der Waals surface area contributed by atoms with Gasteiger partial charge in [0, 0.05) is 25.1 Å². The van der Waals surface area contributed by atoms with Gasteiger partial charge in [-0.2, -0.15) is 0 Å². The van der Waals surface area contributed by atoms with Crippen LogP contribution in [0.25, 0.3) is 0 Å². The van der Waals surface area contributed by atoms with Crippen LogP contribution in [0.3, 0.4) is 0 Å². The van der Waals surface area contributed by atoms with E-state index in [0.29, 0.717) is 13.0 Å². The molecule has 0 bridgehead atoms. The average Bonchev–Trinajstić information content (AvgIpc) is 2.94. The standard InChI is InChI=1S/C16H20N2O6/c1-16(2,3)24-15(20)17-9-8-13(10-17)23-14(19)11-4-6-12(7-5-11)18(21)22/h4-7,13H,8-10H2,1-3H3. The van der Waals surface area contributed by atoms with Gasteiger partial charge < -0.3 is 14.4 Å². The molecule has 8 nitrogen and oxygen atoms in total. The van der Waals surface area contributed by atoms with E-state index in [0.717, 1.165) is 0 Å². The third-order valence-electron chi connectivity index (χ3n) is 3.38. The maximum atomic E-state index is 12.1. The van der Waals surface area contributed by atoms with E-state index in [1.807, 2.05) is 0 Å². The van der Waals surface area contributed by atoms with Crippen LogP contribution in [0, 0.1) is 10.1 Å². The van der Waals surface area contributed by atoms with Gasteiger partial charge in [-0.3, -0.25) is 10.1 Å². The van der Waals surface area contributed by atoms with E-state index in [9.17, 15) is 19.7 Å². The Kier molecular flexibility index (Phi) is 5.06. The minimum atomic E-state index is -0.579. The predicted molar refractivity (Wildman–Crippen MR) is 84.7 cm³/mol. The van der Waals surface area contributed by atoms with Crippen molar-refractivity contribution in [3.8, 4) is 0 Å². The lowest BCUT2D eigenvalue weighted by molar-refractivity contribution is -0.384. The molecule has 1 unspecified atom stereocenters. The monoisotopic (exact) mass is 336 g/mol. The molecule has 1 atom stereocenters. The highest BCUT2D eigenvalue weighted by atomic mass is 16.6. The fraction of sp³-hybridized carbons (Fsp3) is 0.500. The smallest absolute Gasteiger partial charge is 0.410 e. The van der Waals surface area contributed by atoms with Crippen LogP contribution in [0.15, 0.2) is 24.3 Å². The molecular formula is C16H20N2O6. The van der Waals surface area contributed by atoms with Crippen molar-refractivity contribution in [3.05, 3.63) is 39.9 Å². The van der Waals surface area contributed by atoms with Crippen LogP contribution in [0.2, 0.25) is 0 Å². The summed E-state index contributed by atoms with van der Waals surface area (Å²) in [6.45, 7) is 6.08. The normalized spacial score (nSPS) is 17.5. The zero-order chi connectivity index (χ0) is 17.9. The Labute approximate surface area is 139 Å². The second-order valence-corrected chi connectivity index (χ2v) is 6.55. The van der Waals surface area contributed by atoms with Crippen LogP contribution in [-0.4, -0.2) is 46.7 Å². The minimum Gasteiger partial charge on any atom is -0.457 e. The number of rotatable bonds is 3. The van der Waals surface area contributed by atoms with E-state index in [1.165, 1.54) is 29.2 Å². The topological polar surface area (TPSA) is 99.0 Å². The van der Waals surface area contributed by atoms with Gasteiger partial charge in [-0.1, -0.05) is 0 Å². The summed E-state index contributed by atoms with van der Waals surface area (Å²) in [6.07, 6.45) is -0.325. The first-order valence-electron chi connectivity index (χ1n) is 7.59. The van der Waals surface area contributed by atoms with E-state index >= 15 is 0 Å². The van der Waals surface area contributed by atoms with Crippen LogP contribution in [0.4, 0.5) is 10.5 Å². The molecule has 1 aliphatic heterocycles. The second-order valence-electron chi connectivity index (χ2n) is 6.55. The molecular weight excluding hydrogens is 316 g/mol. The van der Waals surface area contributed by atoms with E-state index in [-0.39, 0.29) is 17.8 Å². The fourth-order valence-corrected chi connectivity index (χ4v) is 2.26. The first kappa shape index (κ1) is 17.7. The molecule has 1 heterocycles. The number of benzene rings is 1. The van der Waals surface area contributed by atoms with Crippen LogP contribution in [0.5, 0.6) is 0 Å². The highest BCUT2D eigenvalue weighted by Gasteiger charge is 2.32. The Morgan fingerprint density at radius 1 is 1.25 bits per heavy atom. The number of amides is 1. The first-order chi connectivity index (χ1) is 11.2. The van der Waals surface area contributed by atoms with Gasteiger partial charge >= 0.3 is 12.1 Å². The van der Waals surface area contributed by atoms with Crippen molar-refractivity contribution in [2.45, 2.75) is 38.9 Å². The maximum Gasteiger partial charge on any atom is 0.410 e. The van der Waals surface area contributed by atoms with Gasteiger partial charge in [0.25, 0.3) is 5.69 Å². The molecule has 24 heavy (non-hydrogen) atoms. The van der Waals surface area contributed by atoms with Gasteiger partial charge in [0.15, 0.2) is 0 Å². The summed E-state index contributed by atoms with van der Waals surface area (Å²) < 4.78 is 10.6. The zero-order valence-electron chi connectivity index (χ0n) is 13.9. The third-order valence-corrected chi connectivity index (χ3v) is 3.38. The second kappa shape index (κ2) is 6.86. The largest absolute Gasteiger partial charge is 0.457 e. The molecule has 1 fully saturated rings.